The van der Waals surface area contributed by atoms with Crippen molar-refractivity contribution in [3.63, 3.8) is 0 Å². The second-order valence-electron chi connectivity index (χ2n) is 2.80. The van der Waals surface area contributed by atoms with Crippen molar-refractivity contribution in [1.29, 1.82) is 0 Å². The second-order valence-corrected chi connectivity index (χ2v) is 2.80. The van der Waals surface area contributed by atoms with Crippen LogP contribution >= 0.6 is 0 Å². The van der Waals surface area contributed by atoms with Crippen LogP contribution in [-0.4, -0.2) is 0 Å². The predicted octanol–water partition coefficient (Wildman–Crippen LogP) is 3.23. The van der Waals surface area contributed by atoms with E-state index in [-0.39, 0.29) is 0 Å². The summed E-state index contributed by atoms with van der Waals surface area (Å²) in [6.07, 6.45) is 9.99. The van der Waals surface area contributed by atoms with Crippen LogP contribution in [0.3, 0.4) is 0 Å². The van der Waals surface area contributed by atoms with Crippen LogP contribution in [0.4, 0.5) is 0 Å². The summed E-state index contributed by atoms with van der Waals surface area (Å²) in [6, 6.07) is 0. The van der Waals surface area contributed by atoms with Crippen LogP contribution < -0.4 is 0 Å². The van der Waals surface area contributed by atoms with E-state index in [1.54, 1.807) is 0 Å². The van der Waals surface area contributed by atoms with Gasteiger partial charge in [0.2, 0.25) is 0 Å². The van der Waals surface area contributed by atoms with Crippen LogP contribution in [0, 0.1) is 0 Å². The Labute approximate surface area is 62.9 Å². The molecule has 0 aliphatic heterocycles. The third-order valence-electron chi connectivity index (χ3n) is 1.76. The highest BCUT2D eigenvalue weighted by Gasteiger charge is 2.00. The lowest BCUT2D eigenvalue weighted by Gasteiger charge is -1.92. The molecule has 0 saturated carbocycles. The summed E-state index contributed by atoms with van der Waals surface area (Å²) in [7, 11) is 0. The molecule has 0 aromatic carbocycles. The Bertz CT molecular complexity index is 182. The maximum Gasteiger partial charge on any atom is -0.0133 e. The minimum absolute atomic E-state index is 1.11. The molecule has 54 valence electrons. The van der Waals surface area contributed by atoms with E-state index >= 15 is 0 Å². The maximum atomic E-state index is 3.69. The normalized spacial score (nSPS) is 16.5. The highest BCUT2D eigenvalue weighted by molar-refractivity contribution is 5.31. The standard InChI is InChI=1S/C10H14/c1-3-4-5-10-7-6-9(2)8-10/h3,7-8H,1,4-6H2,2H3. The average molecular weight is 134 g/mol. The fourth-order valence-corrected chi connectivity index (χ4v) is 1.17. The highest BCUT2D eigenvalue weighted by atomic mass is 14.1. The van der Waals surface area contributed by atoms with E-state index in [1.807, 2.05) is 6.08 Å². The predicted molar refractivity (Wildman–Crippen MR) is 45.9 cm³/mol. The molecule has 1 rings (SSSR count). The molecule has 0 nitrogen and oxygen atoms in total. The van der Waals surface area contributed by atoms with Gasteiger partial charge in [-0.25, -0.2) is 0 Å². The molecule has 0 heterocycles. The fraction of sp³-hybridized carbons (Fsp3) is 0.400. The Morgan fingerprint density at radius 3 is 3.00 bits per heavy atom. The summed E-state index contributed by atoms with van der Waals surface area (Å²) in [4.78, 5) is 0. The van der Waals surface area contributed by atoms with E-state index in [0.29, 0.717) is 0 Å². The molecule has 0 bridgehead atoms. The monoisotopic (exact) mass is 134 g/mol. The van der Waals surface area contributed by atoms with Gasteiger partial charge in [0.1, 0.15) is 0 Å². The molecule has 0 radical (unpaired) electrons. The van der Waals surface area contributed by atoms with Crippen molar-refractivity contribution in [3.8, 4) is 0 Å². The third-order valence-corrected chi connectivity index (χ3v) is 1.76. The van der Waals surface area contributed by atoms with E-state index in [4.69, 9.17) is 0 Å². The van der Waals surface area contributed by atoms with Gasteiger partial charge in [0.05, 0.1) is 0 Å². The maximum absolute atomic E-state index is 3.69. The lowest BCUT2D eigenvalue weighted by Crippen LogP contribution is -1.72. The van der Waals surface area contributed by atoms with E-state index in [1.165, 1.54) is 17.6 Å². The Hall–Kier alpha value is -0.780. The van der Waals surface area contributed by atoms with Gasteiger partial charge in [-0.3, -0.25) is 0 Å². The van der Waals surface area contributed by atoms with Gasteiger partial charge < -0.3 is 0 Å². The van der Waals surface area contributed by atoms with Crippen LogP contribution in [0.2, 0.25) is 0 Å². The molecule has 0 fully saturated rings. The zero-order valence-corrected chi connectivity index (χ0v) is 6.56. The van der Waals surface area contributed by atoms with Crippen molar-refractivity contribution in [2.45, 2.75) is 26.2 Å². The number of rotatable bonds is 3. The second kappa shape index (κ2) is 3.40. The molecule has 0 atom stereocenters. The first-order chi connectivity index (χ1) is 4.83. The number of hydrogen-bond acceptors (Lipinski definition) is 0. The molecule has 0 aromatic heterocycles. The molecule has 0 aromatic rings. The topological polar surface area (TPSA) is 0 Å². The van der Waals surface area contributed by atoms with Crippen LogP contribution in [0.5, 0.6) is 0 Å². The van der Waals surface area contributed by atoms with Gasteiger partial charge in [0.25, 0.3) is 0 Å². The van der Waals surface area contributed by atoms with Crippen LogP contribution in [-0.2, 0) is 0 Å². The van der Waals surface area contributed by atoms with Crippen LogP contribution in [0.25, 0.3) is 0 Å². The van der Waals surface area contributed by atoms with Gasteiger partial charge in [-0.15, -0.1) is 6.58 Å². The summed E-state index contributed by atoms with van der Waals surface area (Å²) in [5, 5.41) is 0. The molecule has 0 heteroatoms. The van der Waals surface area contributed by atoms with Crippen molar-refractivity contribution in [1.82, 2.24) is 0 Å². The Kier molecular flexibility index (Phi) is 2.49. The molecule has 0 amide bonds. The lowest BCUT2D eigenvalue weighted by molar-refractivity contribution is 1.01. The smallest absolute Gasteiger partial charge is 0.0133 e. The van der Waals surface area contributed by atoms with E-state index in [2.05, 4.69) is 25.7 Å². The summed E-state index contributed by atoms with van der Waals surface area (Å²) < 4.78 is 0. The number of allylic oxidation sites excluding steroid dienone is 5. The first-order valence-corrected chi connectivity index (χ1v) is 3.80. The molecule has 0 saturated heterocycles. The first kappa shape index (κ1) is 7.33. The summed E-state index contributed by atoms with van der Waals surface area (Å²) in [5.74, 6) is 0. The summed E-state index contributed by atoms with van der Waals surface area (Å²) in [5.41, 5.74) is 2.97. The van der Waals surface area contributed by atoms with E-state index < -0.39 is 0 Å². The van der Waals surface area contributed by atoms with Gasteiger partial charge in [-0.05, 0) is 26.2 Å². The molecule has 10 heavy (non-hydrogen) atoms. The fourth-order valence-electron chi connectivity index (χ4n) is 1.17. The van der Waals surface area contributed by atoms with Crippen molar-refractivity contribution in [2.24, 2.45) is 0 Å². The van der Waals surface area contributed by atoms with E-state index in [9.17, 15) is 0 Å². The minimum Gasteiger partial charge on any atom is -0.103 e. The third kappa shape index (κ3) is 1.87. The molecular weight excluding hydrogens is 120 g/mol. The van der Waals surface area contributed by atoms with Gasteiger partial charge in [0, 0.05) is 0 Å². The SMILES string of the molecule is C=CCCC1=CCC(C)=C1. The Morgan fingerprint density at radius 2 is 2.50 bits per heavy atom. The molecule has 0 spiro atoms. The summed E-state index contributed by atoms with van der Waals surface area (Å²) in [6.45, 7) is 5.87. The van der Waals surface area contributed by atoms with Gasteiger partial charge in [0.15, 0.2) is 0 Å². The Balaban J connectivity index is 2.36. The average Bonchev–Trinajstić information content (AvgIpc) is 2.31. The summed E-state index contributed by atoms with van der Waals surface area (Å²) >= 11 is 0. The highest BCUT2D eigenvalue weighted by Crippen LogP contribution is 2.20. The van der Waals surface area contributed by atoms with Gasteiger partial charge >= 0.3 is 0 Å². The van der Waals surface area contributed by atoms with Crippen LogP contribution in [0.1, 0.15) is 26.2 Å². The molecule has 0 unspecified atom stereocenters. The van der Waals surface area contributed by atoms with Gasteiger partial charge in [-0.1, -0.05) is 29.4 Å². The van der Waals surface area contributed by atoms with Crippen molar-refractivity contribution < 1.29 is 0 Å². The molecule has 0 N–H and O–H groups in total. The van der Waals surface area contributed by atoms with E-state index in [0.717, 1.165) is 12.8 Å². The van der Waals surface area contributed by atoms with Gasteiger partial charge in [-0.2, -0.15) is 0 Å². The zero-order valence-electron chi connectivity index (χ0n) is 6.56. The Morgan fingerprint density at radius 1 is 1.70 bits per heavy atom. The van der Waals surface area contributed by atoms with Crippen molar-refractivity contribution >= 4 is 0 Å². The molecular formula is C10H14. The lowest BCUT2D eigenvalue weighted by atomic mass is 10.1. The van der Waals surface area contributed by atoms with Crippen molar-refractivity contribution in [2.75, 3.05) is 0 Å². The van der Waals surface area contributed by atoms with Crippen molar-refractivity contribution in [3.05, 3.63) is 36.0 Å². The number of hydrogen-bond donors (Lipinski definition) is 0. The minimum atomic E-state index is 1.11. The largest absolute Gasteiger partial charge is 0.103 e. The molecule has 1 aliphatic carbocycles. The zero-order chi connectivity index (χ0) is 7.40. The first-order valence-electron chi connectivity index (χ1n) is 3.80. The molecule has 1 aliphatic rings. The quantitative estimate of drug-likeness (QED) is 0.520. The van der Waals surface area contributed by atoms with Crippen LogP contribution in [0.15, 0.2) is 36.0 Å².